The zero-order valence-electron chi connectivity index (χ0n) is 10.3. The van der Waals surface area contributed by atoms with Crippen LogP contribution < -0.4 is 10.6 Å². The molecule has 1 aliphatic heterocycles. The summed E-state index contributed by atoms with van der Waals surface area (Å²) in [5, 5.41) is 15.9. The van der Waals surface area contributed by atoms with Crippen LogP contribution in [0.2, 0.25) is 0 Å². The van der Waals surface area contributed by atoms with E-state index in [1.807, 2.05) is 0 Å². The van der Waals surface area contributed by atoms with Gasteiger partial charge in [-0.15, -0.1) is 0 Å². The molecule has 0 bridgehead atoms. The van der Waals surface area contributed by atoms with Crippen LogP contribution in [0, 0.1) is 23.0 Å². The van der Waals surface area contributed by atoms with Gasteiger partial charge in [-0.1, -0.05) is 6.07 Å². The molecule has 7 heteroatoms. The van der Waals surface area contributed by atoms with Crippen molar-refractivity contribution in [3.8, 4) is 0 Å². The summed E-state index contributed by atoms with van der Waals surface area (Å²) in [6, 6.07) is 4.27. The van der Waals surface area contributed by atoms with Crippen molar-refractivity contribution in [2.75, 3.05) is 11.9 Å². The smallest absolute Gasteiger partial charge is 0.271 e. The molecule has 0 aromatic heterocycles. The quantitative estimate of drug-likeness (QED) is 0.626. The molecule has 100 valence electrons. The van der Waals surface area contributed by atoms with E-state index in [1.165, 1.54) is 12.1 Å². The predicted octanol–water partition coefficient (Wildman–Crippen LogP) is 0.978. The molecule has 2 rings (SSSR count). The molecule has 1 atom stereocenters. The summed E-state index contributed by atoms with van der Waals surface area (Å²) < 4.78 is 0. The Bertz CT molecular complexity index is 556. The summed E-state index contributed by atoms with van der Waals surface area (Å²) in [5.41, 5.74) is 1.05. The minimum atomic E-state index is -0.518. The minimum absolute atomic E-state index is 0.0819. The van der Waals surface area contributed by atoms with E-state index >= 15 is 0 Å². The van der Waals surface area contributed by atoms with Gasteiger partial charge in [-0.05, 0) is 12.5 Å². The van der Waals surface area contributed by atoms with Gasteiger partial charge in [0.15, 0.2) is 0 Å². The predicted molar refractivity (Wildman–Crippen MR) is 67.6 cm³/mol. The van der Waals surface area contributed by atoms with Crippen LogP contribution in [-0.2, 0) is 9.59 Å². The molecule has 0 spiro atoms. The van der Waals surface area contributed by atoms with Crippen molar-refractivity contribution in [1.29, 1.82) is 0 Å². The lowest BCUT2D eigenvalue weighted by Gasteiger charge is -2.11. The number of hydrogen-bond acceptors (Lipinski definition) is 4. The van der Waals surface area contributed by atoms with Crippen LogP contribution in [-0.4, -0.2) is 23.3 Å². The number of non-ortho nitro benzene ring substituents is 1. The number of aryl methyl sites for hydroxylation is 1. The van der Waals surface area contributed by atoms with E-state index in [0.717, 1.165) is 5.56 Å². The van der Waals surface area contributed by atoms with Gasteiger partial charge in [0.2, 0.25) is 11.8 Å². The molecular weight excluding hydrogens is 250 g/mol. The third-order valence-electron chi connectivity index (χ3n) is 3.04. The van der Waals surface area contributed by atoms with E-state index in [0.29, 0.717) is 12.2 Å². The number of rotatable bonds is 3. The first-order valence-corrected chi connectivity index (χ1v) is 5.80. The lowest BCUT2D eigenvalue weighted by molar-refractivity contribution is -0.384. The summed E-state index contributed by atoms with van der Waals surface area (Å²) in [6.45, 7) is 2.05. The standard InChI is InChI=1S/C12H13N3O4/c1-7-2-3-9(15(18)19)5-10(7)14-12(17)8-4-11(16)13-6-8/h2-3,5,8H,4,6H2,1H3,(H,13,16)(H,14,17). The minimum Gasteiger partial charge on any atom is -0.355 e. The first-order chi connectivity index (χ1) is 8.97. The Morgan fingerprint density at radius 1 is 1.53 bits per heavy atom. The number of benzene rings is 1. The normalized spacial score (nSPS) is 17.9. The number of hydrogen-bond donors (Lipinski definition) is 2. The fraction of sp³-hybridized carbons (Fsp3) is 0.333. The van der Waals surface area contributed by atoms with Crippen molar-refractivity contribution in [2.45, 2.75) is 13.3 Å². The molecule has 1 unspecified atom stereocenters. The van der Waals surface area contributed by atoms with E-state index in [-0.39, 0.29) is 23.9 Å². The summed E-state index contributed by atoms with van der Waals surface area (Å²) in [6.07, 6.45) is 0.153. The molecule has 0 aliphatic carbocycles. The Labute approximate surface area is 109 Å². The first kappa shape index (κ1) is 13.0. The number of nitro benzene ring substituents is 1. The number of amides is 2. The second-order valence-electron chi connectivity index (χ2n) is 4.45. The van der Waals surface area contributed by atoms with Gasteiger partial charge < -0.3 is 10.6 Å². The van der Waals surface area contributed by atoms with Gasteiger partial charge in [0.1, 0.15) is 0 Å². The molecular formula is C12H13N3O4. The van der Waals surface area contributed by atoms with Crippen LogP contribution >= 0.6 is 0 Å². The molecule has 1 aromatic carbocycles. The molecule has 2 N–H and O–H groups in total. The summed E-state index contributed by atoms with van der Waals surface area (Å²) in [5.74, 6) is -0.885. The fourth-order valence-electron chi connectivity index (χ4n) is 1.88. The van der Waals surface area contributed by atoms with E-state index in [9.17, 15) is 19.7 Å². The van der Waals surface area contributed by atoms with E-state index in [4.69, 9.17) is 0 Å². The maximum Gasteiger partial charge on any atom is 0.271 e. The second kappa shape index (κ2) is 5.05. The van der Waals surface area contributed by atoms with Crippen molar-refractivity contribution in [3.05, 3.63) is 33.9 Å². The largest absolute Gasteiger partial charge is 0.355 e. The molecule has 0 radical (unpaired) electrons. The van der Waals surface area contributed by atoms with Gasteiger partial charge in [-0.2, -0.15) is 0 Å². The molecule has 1 fully saturated rings. The summed E-state index contributed by atoms with van der Waals surface area (Å²) >= 11 is 0. The Morgan fingerprint density at radius 2 is 2.26 bits per heavy atom. The lowest BCUT2D eigenvalue weighted by atomic mass is 10.1. The number of nitrogens with zero attached hydrogens (tertiary/aromatic N) is 1. The zero-order valence-corrected chi connectivity index (χ0v) is 10.3. The second-order valence-corrected chi connectivity index (χ2v) is 4.45. The number of carbonyl (C=O) groups excluding carboxylic acids is 2. The highest BCUT2D eigenvalue weighted by Gasteiger charge is 2.28. The van der Waals surface area contributed by atoms with E-state index in [2.05, 4.69) is 10.6 Å². The maximum absolute atomic E-state index is 11.9. The highest BCUT2D eigenvalue weighted by molar-refractivity contribution is 5.97. The topological polar surface area (TPSA) is 101 Å². The van der Waals surface area contributed by atoms with Crippen LogP contribution in [0.25, 0.3) is 0 Å². The average molecular weight is 263 g/mol. The Hall–Kier alpha value is -2.44. The highest BCUT2D eigenvalue weighted by atomic mass is 16.6. The first-order valence-electron chi connectivity index (χ1n) is 5.80. The van der Waals surface area contributed by atoms with Crippen LogP contribution in [0.15, 0.2) is 18.2 Å². The van der Waals surface area contributed by atoms with Gasteiger partial charge >= 0.3 is 0 Å². The molecule has 1 aromatic rings. The summed E-state index contributed by atoms with van der Waals surface area (Å²) in [4.78, 5) is 33.1. The monoisotopic (exact) mass is 263 g/mol. The number of anilines is 1. The maximum atomic E-state index is 11.9. The third-order valence-corrected chi connectivity index (χ3v) is 3.04. The molecule has 19 heavy (non-hydrogen) atoms. The molecule has 0 saturated carbocycles. The molecule has 1 saturated heterocycles. The van der Waals surface area contributed by atoms with E-state index < -0.39 is 10.8 Å². The fourth-order valence-corrected chi connectivity index (χ4v) is 1.88. The molecule has 1 aliphatic rings. The van der Waals surface area contributed by atoms with Gasteiger partial charge in [0.05, 0.1) is 16.5 Å². The Balaban J connectivity index is 2.14. The number of nitrogens with one attached hydrogen (secondary N) is 2. The number of carbonyl (C=O) groups is 2. The molecule has 7 nitrogen and oxygen atoms in total. The highest BCUT2D eigenvalue weighted by Crippen LogP contribution is 2.23. The Kier molecular flexibility index (Phi) is 3.46. The van der Waals surface area contributed by atoms with Crippen molar-refractivity contribution < 1.29 is 14.5 Å². The SMILES string of the molecule is Cc1ccc([N+](=O)[O-])cc1NC(=O)C1CNC(=O)C1. The van der Waals surface area contributed by atoms with E-state index in [1.54, 1.807) is 13.0 Å². The van der Waals surface area contributed by atoms with Gasteiger partial charge in [-0.3, -0.25) is 19.7 Å². The average Bonchev–Trinajstić information content (AvgIpc) is 2.78. The zero-order chi connectivity index (χ0) is 14.0. The van der Waals surface area contributed by atoms with Crippen LogP contribution in [0.1, 0.15) is 12.0 Å². The van der Waals surface area contributed by atoms with Gasteiger partial charge in [0, 0.05) is 25.1 Å². The lowest BCUT2D eigenvalue weighted by Crippen LogP contribution is -2.25. The molecule has 2 amide bonds. The van der Waals surface area contributed by atoms with Gasteiger partial charge in [-0.25, -0.2) is 0 Å². The Morgan fingerprint density at radius 3 is 2.84 bits per heavy atom. The van der Waals surface area contributed by atoms with Crippen LogP contribution in [0.3, 0.4) is 0 Å². The molecule has 1 heterocycles. The van der Waals surface area contributed by atoms with Crippen LogP contribution in [0.4, 0.5) is 11.4 Å². The van der Waals surface area contributed by atoms with Crippen LogP contribution in [0.5, 0.6) is 0 Å². The summed E-state index contributed by atoms with van der Waals surface area (Å²) in [7, 11) is 0. The van der Waals surface area contributed by atoms with Crippen molar-refractivity contribution >= 4 is 23.2 Å². The van der Waals surface area contributed by atoms with Crippen molar-refractivity contribution in [2.24, 2.45) is 5.92 Å². The third kappa shape index (κ3) is 2.87. The van der Waals surface area contributed by atoms with Crippen molar-refractivity contribution in [3.63, 3.8) is 0 Å². The number of nitro groups is 1. The van der Waals surface area contributed by atoms with Crippen molar-refractivity contribution in [1.82, 2.24) is 5.32 Å². The van der Waals surface area contributed by atoms with Gasteiger partial charge in [0.25, 0.3) is 5.69 Å².